The van der Waals surface area contributed by atoms with Crippen LogP contribution in [0.3, 0.4) is 0 Å². The first-order valence-corrected chi connectivity index (χ1v) is 10.3. The van der Waals surface area contributed by atoms with Gasteiger partial charge in [-0.1, -0.05) is 18.2 Å². The lowest BCUT2D eigenvalue weighted by Gasteiger charge is -2.20. The highest BCUT2D eigenvalue weighted by Gasteiger charge is 2.42. The molecular formula is C21H23F5N4O3. The van der Waals surface area contributed by atoms with Gasteiger partial charge in [-0.2, -0.15) is 13.2 Å². The largest absolute Gasteiger partial charge is 0.452 e. The number of nitrogens with two attached hydrogens (primary N) is 1. The van der Waals surface area contributed by atoms with E-state index in [2.05, 4.69) is 10.3 Å². The Kier molecular flexibility index (Phi) is 7.35. The fourth-order valence-corrected chi connectivity index (χ4v) is 3.43. The number of hydrogen-bond donors (Lipinski definition) is 2. The number of likely N-dealkylation sites (tertiary alicyclic amines) is 1. The summed E-state index contributed by atoms with van der Waals surface area (Å²) in [6.45, 7) is -0.702. The fourth-order valence-electron chi connectivity index (χ4n) is 3.43. The van der Waals surface area contributed by atoms with Crippen LogP contribution in [0.25, 0.3) is 11.5 Å². The second kappa shape index (κ2) is 9.86. The average molecular weight is 474 g/mol. The van der Waals surface area contributed by atoms with E-state index in [1.165, 1.54) is 12.1 Å². The number of benzene rings is 1. The van der Waals surface area contributed by atoms with Crippen LogP contribution in [0.5, 0.6) is 0 Å². The Labute approximate surface area is 186 Å². The molecular weight excluding hydrogens is 451 g/mol. The molecule has 7 nitrogen and oxygen atoms in total. The third kappa shape index (κ3) is 6.28. The summed E-state index contributed by atoms with van der Waals surface area (Å²) in [5.74, 6) is -6.34. The summed E-state index contributed by atoms with van der Waals surface area (Å²) in [6.07, 6.45) is -4.45. The predicted molar refractivity (Wildman–Crippen MR) is 107 cm³/mol. The molecule has 0 spiro atoms. The highest BCUT2D eigenvalue weighted by Crippen LogP contribution is 2.35. The molecule has 0 saturated carbocycles. The molecule has 3 N–H and O–H groups in total. The lowest BCUT2D eigenvalue weighted by Crippen LogP contribution is -2.43. The molecule has 1 aromatic carbocycles. The Balaban J connectivity index is 1.51. The van der Waals surface area contributed by atoms with Gasteiger partial charge < -0.3 is 20.4 Å². The molecule has 1 fully saturated rings. The topological polar surface area (TPSA) is 101 Å². The van der Waals surface area contributed by atoms with Crippen molar-refractivity contribution in [1.82, 2.24) is 15.2 Å². The smallest absolute Gasteiger partial charge is 0.431 e. The van der Waals surface area contributed by atoms with E-state index in [1.807, 2.05) is 0 Å². The fraction of sp³-hybridized carbons (Fsp3) is 0.476. The summed E-state index contributed by atoms with van der Waals surface area (Å²) < 4.78 is 71.2. The Morgan fingerprint density at radius 3 is 2.52 bits per heavy atom. The Morgan fingerprint density at radius 2 is 1.91 bits per heavy atom. The van der Waals surface area contributed by atoms with Crippen LogP contribution in [0.15, 0.2) is 34.7 Å². The third-order valence-corrected chi connectivity index (χ3v) is 5.15. The van der Waals surface area contributed by atoms with Crippen molar-refractivity contribution in [3.8, 4) is 11.5 Å². The number of aromatic nitrogens is 1. The van der Waals surface area contributed by atoms with E-state index in [0.717, 1.165) is 4.90 Å². The maximum Gasteiger partial charge on any atom is 0.452 e. The first-order chi connectivity index (χ1) is 15.5. The minimum atomic E-state index is -4.91. The van der Waals surface area contributed by atoms with Crippen molar-refractivity contribution in [2.45, 2.75) is 43.8 Å². The first-order valence-electron chi connectivity index (χ1n) is 10.3. The number of unbranched alkanes of at least 4 members (excludes halogenated alkanes) is 1. The molecule has 180 valence electrons. The number of nitrogens with one attached hydrogen (secondary N) is 1. The predicted octanol–water partition coefficient (Wildman–Crippen LogP) is 3.46. The van der Waals surface area contributed by atoms with Gasteiger partial charge >= 0.3 is 6.18 Å². The van der Waals surface area contributed by atoms with E-state index >= 15 is 0 Å². The molecule has 1 aromatic heterocycles. The number of carbonyl (C=O) groups is 2. The third-order valence-electron chi connectivity index (χ3n) is 5.15. The van der Waals surface area contributed by atoms with Crippen LogP contribution < -0.4 is 11.1 Å². The van der Waals surface area contributed by atoms with Gasteiger partial charge in [-0.05, 0) is 31.4 Å². The van der Waals surface area contributed by atoms with Crippen LogP contribution >= 0.6 is 0 Å². The van der Waals surface area contributed by atoms with Crippen molar-refractivity contribution in [3.63, 3.8) is 0 Å². The molecule has 2 heterocycles. The Hall–Kier alpha value is -3.02. The number of carbonyl (C=O) groups excluding carboxylic acids is 2. The molecule has 2 aromatic rings. The Morgan fingerprint density at radius 1 is 1.21 bits per heavy atom. The van der Waals surface area contributed by atoms with Crippen LogP contribution in [0.4, 0.5) is 22.0 Å². The highest BCUT2D eigenvalue weighted by molar-refractivity contribution is 5.94. The number of oxazole rings is 1. The van der Waals surface area contributed by atoms with Gasteiger partial charge in [0.05, 0.1) is 12.6 Å². The SMILES string of the molecule is NC(CCCCNC(=O)c1nc(-c2ccccc2)oc1C(F)(F)F)C(=O)N1CCC(F)(F)C1. The maximum absolute atomic E-state index is 13.3. The van der Waals surface area contributed by atoms with Gasteiger partial charge in [-0.3, -0.25) is 9.59 Å². The van der Waals surface area contributed by atoms with Gasteiger partial charge in [0, 0.05) is 25.1 Å². The molecule has 33 heavy (non-hydrogen) atoms. The number of alkyl halides is 5. The second-order valence-electron chi connectivity index (χ2n) is 7.78. The minimum Gasteiger partial charge on any atom is -0.431 e. The normalized spacial score (nSPS) is 16.6. The van der Waals surface area contributed by atoms with Gasteiger partial charge in [-0.25, -0.2) is 13.8 Å². The highest BCUT2D eigenvalue weighted by atomic mass is 19.4. The molecule has 0 aliphatic carbocycles. The summed E-state index contributed by atoms with van der Waals surface area (Å²) in [6, 6.07) is 6.90. The second-order valence-corrected chi connectivity index (χ2v) is 7.78. The van der Waals surface area contributed by atoms with Gasteiger partial charge in [-0.15, -0.1) is 0 Å². The van der Waals surface area contributed by atoms with Gasteiger partial charge in [0.2, 0.25) is 17.6 Å². The lowest BCUT2D eigenvalue weighted by molar-refractivity contribution is -0.153. The zero-order valence-corrected chi connectivity index (χ0v) is 17.5. The van der Waals surface area contributed by atoms with E-state index in [1.54, 1.807) is 18.2 Å². The molecule has 1 aliphatic heterocycles. The summed E-state index contributed by atoms with van der Waals surface area (Å²) in [7, 11) is 0. The zero-order valence-electron chi connectivity index (χ0n) is 17.5. The van der Waals surface area contributed by atoms with Crippen LogP contribution in [0, 0.1) is 0 Å². The maximum atomic E-state index is 13.3. The monoisotopic (exact) mass is 474 g/mol. The quantitative estimate of drug-likeness (QED) is 0.451. The average Bonchev–Trinajstić information content (AvgIpc) is 3.37. The van der Waals surface area contributed by atoms with E-state index in [9.17, 15) is 31.5 Å². The summed E-state index contributed by atoms with van der Waals surface area (Å²) in [5.41, 5.74) is 5.19. The number of halogens is 5. The number of hydrogen-bond acceptors (Lipinski definition) is 5. The molecule has 0 radical (unpaired) electrons. The van der Waals surface area contributed by atoms with Crippen LogP contribution in [-0.4, -0.2) is 53.3 Å². The van der Waals surface area contributed by atoms with Gasteiger partial charge in [0.15, 0.2) is 5.69 Å². The van der Waals surface area contributed by atoms with Crippen LogP contribution in [-0.2, 0) is 11.0 Å². The van der Waals surface area contributed by atoms with E-state index in [-0.39, 0.29) is 31.0 Å². The summed E-state index contributed by atoms with van der Waals surface area (Å²) >= 11 is 0. The molecule has 1 aliphatic rings. The van der Waals surface area contributed by atoms with E-state index in [4.69, 9.17) is 10.2 Å². The minimum absolute atomic E-state index is 0.00631. The molecule has 12 heteroatoms. The number of nitrogens with zero attached hydrogens (tertiary/aromatic N) is 2. The number of amides is 2. The molecule has 0 bridgehead atoms. The summed E-state index contributed by atoms with van der Waals surface area (Å²) in [5, 5.41) is 2.35. The molecule has 3 rings (SSSR count). The van der Waals surface area contributed by atoms with Gasteiger partial charge in [0.1, 0.15) is 0 Å². The van der Waals surface area contributed by atoms with Crippen molar-refractivity contribution in [3.05, 3.63) is 41.8 Å². The van der Waals surface area contributed by atoms with Crippen molar-refractivity contribution in [2.24, 2.45) is 5.73 Å². The molecule has 1 atom stereocenters. The molecule has 2 amide bonds. The summed E-state index contributed by atoms with van der Waals surface area (Å²) in [4.78, 5) is 29.2. The van der Waals surface area contributed by atoms with Crippen molar-refractivity contribution >= 4 is 11.8 Å². The van der Waals surface area contributed by atoms with Crippen molar-refractivity contribution in [2.75, 3.05) is 19.6 Å². The lowest BCUT2D eigenvalue weighted by atomic mass is 10.1. The van der Waals surface area contributed by atoms with Crippen molar-refractivity contribution in [1.29, 1.82) is 0 Å². The van der Waals surface area contributed by atoms with Gasteiger partial charge in [0.25, 0.3) is 11.8 Å². The van der Waals surface area contributed by atoms with Crippen molar-refractivity contribution < 1.29 is 36.0 Å². The van der Waals surface area contributed by atoms with E-state index < -0.39 is 54.4 Å². The first kappa shape index (κ1) is 24.6. The van der Waals surface area contributed by atoms with Crippen LogP contribution in [0.1, 0.15) is 41.9 Å². The zero-order chi connectivity index (χ0) is 24.2. The molecule has 1 unspecified atom stereocenters. The van der Waals surface area contributed by atoms with E-state index in [0.29, 0.717) is 12.8 Å². The number of rotatable bonds is 8. The van der Waals surface area contributed by atoms with Crippen LogP contribution in [0.2, 0.25) is 0 Å². The standard InChI is InChI=1S/C21H23F5N4O3/c22-20(23)9-11-30(12-20)19(32)14(27)8-4-5-10-28-17(31)15-16(21(24,25)26)33-18(29-15)13-6-2-1-3-7-13/h1-3,6-7,14H,4-5,8-12,27H2,(H,28,31). The Bertz CT molecular complexity index is 978. The molecule has 1 saturated heterocycles.